The second-order valence-corrected chi connectivity index (χ2v) is 5.76. The van der Waals surface area contributed by atoms with Crippen LogP contribution in [-0.2, 0) is 17.8 Å². The average molecular weight is 309 g/mol. The molecule has 0 spiro atoms. The van der Waals surface area contributed by atoms with Gasteiger partial charge < -0.3 is 16.0 Å². The van der Waals surface area contributed by atoms with Crippen LogP contribution < -0.4 is 16.0 Å². The van der Waals surface area contributed by atoms with Gasteiger partial charge in [0, 0.05) is 37.0 Å². The maximum atomic E-state index is 11.1. The van der Waals surface area contributed by atoms with E-state index in [0.717, 1.165) is 30.8 Å². The van der Waals surface area contributed by atoms with Crippen molar-refractivity contribution in [1.82, 2.24) is 0 Å². The summed E-state index contributed by atoms with van der Waals surface area (Å²) in [6, 6.07) is 13.4. The first-order valence-corrected chi connectivity index (χ1v) is 7.57. The van der Waals surface area contributed by atoms with Crippen molar-refractivity contribution in [2.45, 2.75) is 19.9 Å². The molecule has 0 bridgehead atoms. The maximum absolute atomic E-state index is 11.1. The summed E-state index contributed by atoms with van der Waals surface area (Å²) in [6.07, 6.45) is 0.960. The second-order valence-electron chi connectivity index (χ2n) is 5.76. The van der Waals surface area contributed by atoms with Crippen LogP contribution in [0.5, 0.6) is 0 Å². The third kappa shape index (κ3) is 3.34. The molecule has 0 radical (unpaired) electrons. The number of benzene rings is 2. The highest BCUT2D eigenvalue weighted by molar-refractivity contribution is 5.92. The molecular weight excluding hydrogens is 290 g/mol. The predicted molar refractivity (Wildman–Crippen MR) is 90.5 cm³/mol. The van der Waals surface area contributed by atoms with Crippen LogP contribution in [0.15, 0.2) is 42.5 Å². The average Bonchev–Trinajstić information content (AvgIpc) is 2.89. The normalized spacial score (nSPS) is 12.8. The van der Waals surface area contributed by atoms with Crippen LogP contribution in [0.4, 0.5) is 11.4 Å². The van der Waals surface area contributed by atoms with Crippen molar-refractivity contribution in [2.24, 2.45) is 5.73 Å². The molecular formula is C18H19N3O2. The number of nitrogens with zero attached hydrogens (tertiary/aromatic N) is 1. The third-order valence-electron chi connectivity index (χ3n) is 4.00. The van der Waals surface area contributed by atoms with Gasteiger partial charge in [0.2, 0.25) is 11.8 Å². The van der Waals surface area contributed by atoms with Gasteiger partial charge >= 0.3 is 0 Å². The number of carbonyl (C=O) groups excluding carboxylic acids is 2. The van der Waals surface area contributed by atoms with E-state index in [4.69, 9.17) is 5.73 Å². The first-order valence-electron chi connectivity index (χ1n) is 7.57. The van der Waals surface area contributed by atoms with Gasteiger partial charge in [-0.15, -0.1) is 0 Å². The number of nitrogens with one attached hydrogen (secondary N) is 1. The summed E-state index contributed by atoms with van der Waals surface area (Å²) in [7, 11) is 0. The number of amides is 2. The highest BCUT2D eigenvalue weighted by Gasteiger charge is 2.19. The summed E-state index contributed by atoms with van der Waals surface area (Å²) in [5.41, 5.74) is 10.2. The number of hydrogen-bond acceptors (Lipinski definition) is 3. The molecule has 0 atom stereocenters. The van der Waals surface area contributed by atoms with Crippen LogP contribution in [0.2, 0.25) is 0 Å². The van der Waals surface area contributed by atoms with Crippen LogP contribution in [0.25, 0.3) is 0 Å². The molecule has 0 fully saturated rings. The molecule has 2 amide bonds. The third-order valence-corrected chi connectivity index (χ3v) is 4.00. The van der Waals surface area contributed by atoms with Gasteiger partial charge in [0.15, 0.2) is 0 Å². The fraction of sp³-hybridized carbons (Fsp3) is 0.222. The first-order chi connectivity index (χ1) is 11.0. The van der Waals surface area contributed by atoms with Gasteiger partial charge in [-0.25, -0.2) is 0 Å². The minimum absolute atomic E-state index is 0.0608. The van der Waals surface area contributed by atoms with E-state index in [9.17, 15) is 9.59 Å². The van der Waals surface area contributed by atoms with E-state index in [-0.39, 0.29) is 5.91 Å². The zero-order chi connectivity index (χ0) is 16.4. The largest absolute Gasteiger partial charge is 0.367 e. The standard InChI is InChI=1S/C18H19N3O2/c1-12(22)20-16-6-7-17-15(10-16)8-9-21(17)11-13-2-4-14(5-3-13)18(19)23/h2-7,10H,8-9,11H2,1H3,(H2,19,23)(H,20,22). The summed E-state index contributed by atoms with van der Waals surface area (Å²) in [6.45, 7) is 3.23. The van der Waals surface area contributed by atoms with Gasteiger partial charge in [-0.05, 0) is 47.9 Å². The van der Waals surface area contributed by atoms with E-state index >= 15 is 0 Å². The Morgan fingerprint density at radius 2 is 1.91 bits per heavy atom. The van der Waals surface area contributed by atoms with Crippen molar-refractivity contribution in [3.05, 3.63) is 59.2 Å². The minimum Gasteiger partial charge on any atom is -0.367 e. The summed E-state index contributed by atoms with van der Waals surface area (Å²) < 4.78 is 0. The molecule has 1 heterocycles. The topological polar surface area (TPSA) is 75.4 Å². The van der Waals surface area contributed by atoms with E-state index in [1.54, 1.807) is 12.1 Å². The molecule has 2 aromatic carbocycles. The molecule has 118 valence electrons. The molecule has 0 saturated carbocycles. The van der Waals surface area contributed by atoms with Crippen molar-refractivity contribution >= 4 is 23.2 Å². The molecule has 0 unspecified atom stereocenters. The molecule has 3 rings (SSSR count). The van der Waals surface area contributed by atoms with Gasteiger partial charge in [-0.2, -0.15) is 0 Å². The summed E-state index contributed by atoms with van der Waals surface area (Å²) in [4.78, 5) is 24.5. The Morgan fingerprint density at radius 1 is 1.17 bits per heavy atom. The Hall–Kier alpha value is -2.82. The highest BCUT2D eigenvalue weighted by atomic mass is 16.1. The molecule has 1 aliphatic heterocycles. The Morgan fingerprint density at radius 3 is 2.57 bits per heavy atom. The number of nitrogens with two attached hydrogens (primary N) is 1. The lowest BCUT2D eigenvalue weighted by Crippen LogP contribution is -2.19. The molecule has 2 aromatic rings. The molecule has 23 heavy (non-hydrogen) atoms. The molecule has 0 aliphatic carbocycles. The van der Waals surface area contributed by atoms with Gasteiger partial charge in [0.05, 0.1) is 0 Å². The Bertz CT molecular complexity index is 753. The fourth-order valence-corrected chi connectivity index (χ4v) is 2.91. The number of primary amides is 1. The Labute approximate surface area is 135 Å². The number of fused-ring (bicyclic) bond motifs is 1. The highest BCUT2D eigenvalue weighted by Crippen LogP contribution is 2.31. The summed E-state index contributed by atoms with van der Waals surface area (Å²) in [5.74, 6) is -0.470. The predicted octanol–water partition coefficient (Wildman–Crippen LogP) is 2.31. The second kappa shape index (κ2) is 6.12. The van der Waals surface area contributed by atoms with Gasteiger partial charge in [-0.1, -0.05) is 12.1 Å². The maximum Gasteiger partial charge on any atom is 0.248 e. The Kier molecular flexibility index (Phi) is 4.02. The van der Waals surface area contributed by atoms with Gasteiger partial charge in [0.25, 0.3) is 0 Å². The number of carbonyl (C=O) groups is 2. The van der Waals surface area contributed by atoms with Gasteiger partial charge in [0.1, 0.15) is 0 Å². The van der Waals surface area contributed by atoms with E-state index in [1.807, 2.05) is 30.3 Å². The zero-order valence-corrected chi connectivity index (χ0v) is 13.0. The molecule has 5 heteroatoms. The van der Waals surface area contributed by atoms with Crippen LogP contribution in [0.3, 0.4) is 0 Å². The molecule has 0 aromatic heterocycles. The van der Waals surface area contributed by atoms with E-state index < -0.39 is 5.91 Å². The van der Waals surface area contributed by atoms with Crippen molar-refractivity contribution in [3.63, 3.8) is 0 Å². The van der Waals surface area contributed by atoms with Crippen molar-refractivity contribution in [1.29, 1.82) is 0 Å². The zero-order valence-electron chi connectivity index (χ0n) is 13.0. The summed E-state index contributed by atoms with van der Waals surface area (Å²) in [5, 5.41) is 2.81. The Balaban J connectivity index is 1.74. The van der Waals surface area contributed by atoms with Crippen molar-refractivity contribution in [3.8, 4) is 0 Å². The quantitative estimate of drug-likeness (QED) is 0.910. The number of anilines is 2. The first kappa shape index (κ1) is 15.1. The number of hydrogen-bond donors (Lipinski definition) is 2. The molecule has 0 saturated heterocycles. The summed E-state index contributed by atoms with van der Waals surface area (Å²) >= 11 is 0. The minimum atomic E-state index is -0.409. The van der Waals surface area contributed by atoms with Crippen LogP contribution in [0.1, 0.15) is 28.4 Å². The lowest BCUT2D eigenvalue weighted by atomic mass is 10.1. The molecule has 5 nitrogen and oxygen atoms in total. The lowest BCUT2D eigenvalue weighted by molar-refractivity contribution is -0.114. The van der Waals surface area contributed by atoms with Gasteiger partial charge in [-0.3, -0.25) is 9.59 Å². The number of rotatable bonds is 4. The van der Waals surface area contributed by atoms with Crippen molar-refractivity contribution < 1.29 is 9.59 Å². The molecule has 1 aliphatic rings. The molecule has 3 N–H and O–H groups in total. The smallest absolute Gasteiger partial charge is 0.248 e. The monoisotopic (exact) mass is 309 g/mol. The lowest BCUT2D eigenvalue weighted by Gasteiger charge is -2.20. The van der Waals surface area contributed by atoms with Crippen LogP contribution in [-0.4, -0.2) is 18.4 Å². The van der Waals surface area contributed by atoms with Crippen LogP contribution in [0, 0.1) is 0 Å². The van der Waals surface area contributed by atoms with E-state index in [2.05, 4.69) is 10.2 Å². The van der Waals surface area contributed by atoms with Crippen LogP contribution >= 0.6 is 0 Å². The van der Waals surface area contributed by atoms with Crippen molar-refractivity contribution in [2.75, 3.05) is 16.8 Å². The van der Waals surface area contributed by atoms with E-state index in [1.165, 1.54) is 18.2 Å². The SMILES string of the molecule is CC(=O)Nc1ccc2c(c1)CCN2Cc1ccc(C(N)=O)cc1. The fourth-order valence-electron chi connectivity index (χ4n) is 2.91. The van der Waals surface area contributed by atoms with E-state index in [0.29, 0.717) is 5.56 Å².